The molecule has 2 saturated heterocycles. The Morgan fingerprint density at radius 2 is 1.75 bits per heavy atom. The number of aryl methyl sites for hydroxylation is 2. The number of Topliss-reactive ketones (excluding diaryl/α,β-unsaturated/α-hetero) is 1. The maximum Gasteiger partial charge on any atom is 0.163 e. The molecular formula is C44H60ClN7O3S. The zero-order valence-corrected chi connectivity index (χ0v) is 35.4. The normalized spacial score (nSPS) is 16.1. The first kappa shape index (κ1) is 43.1. The predicted molar refractivity (Wildman–Crippen MR) is 232 cm³/mol. The van der Waals surface area contributed by atoms with Gasteiger partial charge in [0.05, 0.1) is 22.5 Å². The van der Waals surface area contributed by atoms with Gasteiger partial charge in [-0.05, 0) is 98.7 Å². The van der Waals surface area contributed by atoms with Crippen LogP contribution in [0.5, 0.6) is 11.5 Å². The van der Waals surface area contributed by atoms with Gasteiger partial charge in [-0.3, -0.25) is 9.69 Å². The standard InChI is InChI=1S/C33H46ClN7S.C11H14O3/c1-4-7-25-11-10-23(20-24(25)5-2)22-40-16-12-26(13-17-40)38-27-8-6-9-28(30(27)34)42-32-31(35)39-29(21-37-32)41-18-14-33(3,36)15-19-41;1-6(2)8-4-9(7(3)12)11(14)5-10(8)13/h6,8-11,20-21,26,38H,4-5,7,12-19,22,36H2,1-3H3,(H2,35,39);4-6,13-14H,1-3H3. The Morgan fingerprint density at radius 1 is 1.04 bits per heavy atom. The smallest absolute Gasteiger partial charge is 0.163 e. The van der Waals surface area contributed by atoms with E-state index in [1.165, 1.54) is 60.4 Å². The summed E-state index contributed by atoms with van der Waals surface area (Å²) in [6.45, 7) is 16.7. The summed E-state index contributed by atoms with van der Waals surface area (Å²) in [5, 5.41) is 24.0. The molecule has 10 nitrogen and oxygen atoms in total. The third-order valence-electron chi connectivity index (χ3n) is 10.8. The second-order valence-electron chi connectivity index (χ2n) is 15.8. The van der Waals surface area contributed by atoms with Crippen LogP contribution in [0.2, 0.25) is 5.02 Å². The summed E-state index contributed by atoms with van der Waals surface area (Å²) in [5.74, 6) is 1.01. The van der Waals surface area contributed by atoms with Crippen molar-refractivity contribution in [1.82, 2.24) is 14.9 Å². The highest BCUT2D eigenvalue weighted by Crippen LogP contribution is 2.39. The molecule has 7 N–H and O–H groups in total. The van der Waals surface area contributed by atoms with Crippen molar-refractivity contribution in [2.75, 3.05) is 42.1 Å². The number of nitrogens with zero attached hydrogens (tertiary/aromatic N) is 4. The first-order valence-corrected chi connectivity index (χ1v) is 21.2. The average molecular weight is 803 g/mol. The number of hydrogen-bond donors (Lipinski definition) is 5. The van der Waals surface area contributed by atoms with Gasteiger partial charge in [0, 0.05) is 55.3 Å². The van der Waals surface area contributed by atoms with Crippen molar-refractivity contribution in [2.24, 2.45) is 5.73 Å². The van der Waals surface area contributed by atoms with Crippen LogP contribution in [0.15, 0.2) is 64.6 Å². The van der Waals surface area contributed by atoms with Gasteiger partial charge in [0.2, 0.25) is 0 Å². The number of nitrogens with one attached hydrogen (secondary N) is 1. The summed E-state index contributed by atoms with van der Waals surface area (Å²) in [4.78, 5) is 26.1. The lowest BCUT2D eigenvalue weighted by molar-refractivity contribution is 0.101. The van der Waals surface area contributed by atoms with E-state index in [1.54, 1.807) is 0 Å². The van der Waals surface area contributed by atoms with Crippen LogP contribution >= 0.6 is 23.4 Å². The number of phenols is 2. The molecule has 0 aliphatic carbocycles. The molecule has 0 bridgehead atoms. The number of benzene rings is 3. The number of rotatable bonds is 12. The molecule has 3 heterocycles. The first-order chi connectivity index (χ1) is 26.7. The fourth-order valence-corrected chi connectivity index (χ4v) is 8.44. The second-order valence-corrected chi connectivity index (χ2v) is 17.2. The molecule has 1 aromatic heterocycles. The Bertz CT molecular complexity index is 1960. The highest BCUT2D eigenvalue weighted by molar-refractivity contribution is 7.99. The van der Waals surface area contributed by atoms with Crippen LogP contribution in [-0.4, -0.2) is 68.6 Å². The zero-order chi connectivity index (χ0) is 40.6. The molecule has 2 aliphatic heterocycles. The number of nitrogen functional groups attached to an aromatic ring is 1. The SMILES string of the molecule is CC(=O)c1cc(C(C)C)c(O)cc1O.CCCc1ccc(CN2CCC(Nc3cccc(Sc4ncc(N5CCC(C)(N)CC5)nc4N)c3Cl)CC2)cc1CC. The average Bonchev–Trinajstić information content (AvgIpc) is 3.15. The number of nitrogens with two attached hydrogens (primary N) is 2. The molecule has 0 saturated carbocycles. The van der Waals surface area contributed by atoms with Crippen molar-refractivity contribution in [3.8, 4) is 11.5 Å². The number of anilines is 3. The van der Waals surface area contributed by atoms with Crippen LogP contribution in [0.1, 0.15) is 112 Å². The fourth-order valence-electron chi connectivity index (χ4n) is 7.34. The molecular weight excluding hydrogens is 742 g/mol. The quantitative estimate of drug-likeness (QED) is 0.0872. The summed E-state index contributed by atoms with van der Waals surface area (Å²) in [6.07, 6.45) is 9.30. The minimum Gasteiger partial charge on any atom is -0.508 e. The van der Waals surface area contributed by atoms with Crippen LogP contribution < -0.4 is 21.7 Å². The van der Waals surface area contributed by atoms with Gasteiger partial charge >= 0.3 is 0 Å². The number of hydrogen-bond acceptors (Lipinski definition) is 11. The summed E-state index contributed by atoms with van der Waals surface area (Å²) in [7, 11) is 0. The summed E-state index contributed by atoms with van der Waals surface area (Å²) >= 11 is 8.37. The molecule has 12 heteroatoms. The third-order valence-corrected chi connectivity index (χ3v) is 12.4. The molecule has 0 amide bonds. The van der Waals surface area contributed by atoms with E-state index in [4.69, 9.17) is 23.1 Å². The largest absolute Gasteiger partial charge is 0.508 e. The van der Waals surface area contributed by atoms with Gasteiger partial charge in [0.25, 0.3) is 0 Å². The van der Waals surface area contributed by atoms with Crippen molar-refractivity contribution < 1.29 is 15.0 Å². The molecule has 2 aliphatic rings. The van der Waals surface area contributed by atoms with Gasteiger partial charge in [-0.2, -0.15) is 0 Å². The number of piperidine rings is 2. The Kier molecular flexibility index (Phi) is 14.9. The Morgan fingerprint density at radius 3 is 2.38 bits per heavy atom. The molecule has 6 rings (SSSR count). The van der Waals surface area contributed by atoms with Crippen molar-refractivity contribution >= 4 is 46.5 Å². The fraction of sp³-hybridized carbons (Fsp3) is 0.477. The number of phenolic OH excluding ortho intramolecular Hbond substituents is 2. The van der Waals surface area contributed by atoms with Crippen molar-refractivity contribution in [3.63, 3.8) is 0 Å². The number of aromatic nitrogens is 2. The van der Waals surface area contributed by atoms with Gasteiger partial charge in [0.1, 0.15) is 22.3 Å². The molecule has 3 aromatic carbocycles. The second kappa shape index (κ2) is 19.4. The minimum absolute atomic E-state index is 0.0301. The third kappa shape index (κ3) is 11.3. The van der Waals surface area contributed by atoms with E-state index in [0.717, 1.165) is 81.2 Å². The van der Waals surface area contributed by atoms with Crippen LogP contribution in [0.4, 0.5) is 17.3 Å². The molecule has 0 atom stereocenters. The van der Waals surface area contributed by atoms with E-state index in [9.17, 15) is 15.0 Å². The summed E-state index contributed by atoms with van der Waals surface area (Å²) in [6, 6.07) is 16.3. The van der Waals surface area contributed by atoms with Gasteiger partial charge in [-0.15, -0.1) is 0 Å². The summed E-state index contributed by atoms with van der Waals surface area (Å²) in [5.41, 5.74) is 18.9. The maximum atomic E-state index is 11.1. The van der Waals surface area contributed by atoms with Crippen LogP contribution in [-0.2, 0) is 19.4 Å². The lowest BCUT2D eigenvalue weighted by atomic mass is 9.91. The lowest BCUT2D eigenvalue weighted by Gasteiger charge is -2.37. The Labute approximate surface area is 342 Å². The molecule has 302 valence electrons. The molecule has 2 fully saturated rings. The minimum atomic E-state index is -0.204. The Hall–Kier alpha value is -4.03. The van der Waals surface area contributed by atoms with Crippen LogP contribution in [0, 0.1) is 0 Å². The summed E-state index contributed by atoms with van der Waals surface area (Å²) < 4.78 is 0. The van der Waals surface area contributed by atoms with Crippen LogP contribution in [0.25, 0.3) is 0 Å². The van der Waals surface area contributed by atoms with E-state index in [1.807, 2.05) is 32.2 Å². The predicted octanol–water partition coefficient (Wildman–Crippen LogP) is 9.20. The number of carbonyl (C=O) groups is 1. The van der Waals surface area contributed by atoms with E-state index < -0.39 is 0 Å². The van der Waals surface area contributed by atoms with E-state index >= 15 is 0 Å². The molecule has 0 unspecified atom stereocenters. The van der Waals surface area contributed by atoms with E-state index in [2.05, 4.69) is 70.1 Å². The van der Waals surface area contributed by atoms with E-state index in [0.29, 0.717) is 27.5 Å². The number of carbonyl (C=O) groups excluding carboxylic acids is 1. The van der Waals surface area contributed by atoms with Gasteiger partial charge in [0.15, 0.2) is 11.6 Å². The van der Waals surface area contributed by atoms with Crippen molar-refractivity contribution in [3.05, 3.63) is 87.6 Å². The Balaban J connectivity index is 0.000000362. The topological polar surface area (TPSA) is 154 Å². The monoisotopic (exact) mass is 801 g/mol. The van der Waals surface area contributed by atoms with E-state index in [-0.39, 0.29) is 34.3 Å². The number of halogens is 1. The van der Waals surface area contributed by atoms with Crippen LogP contribution in [0.3, 0.4) is 0 Å². The van der Waals surface area contributed by atoms with Gasteiger partial charge < -0.3 is 31.9 Å². The first-order valence-electron chi connectivity index (χ1n) is 20.0. The number of ketones is 1. The molecule has 4 aromatic rings. The maximum absolute atomic E-state index is 11.1. The van der Waals surface area contributed by atoms with Crippen molar-refractivity contribution in [2.45, 2.75) is 120 Å². The highest BCUT2D eigenvalue weighted by Gasteiger charge is 2.27. The highest BCUT2D eigenvalue weighted by atomic mass is 35.5. The van der Waals surface area contributed by atoms with Crippen molar-refractivity contribution in [1.29, 1.82) is 0 Å². The lowest BCUT2D eigenvalue weighted by Crippen LogP contribution is -2.48. The zero-order valence-electron chi connectivity index (χ0n) is 33.9. The van der Waals surface area contributed by atoms with Gasteiger partial charge in [-0.25, -0.2) is 9.97 Å². The number of aromatic hydroxyl groups is 2. The molecule has 0 radical (unpaired) electrons. The molecule has 0 spiro atoms. The number of likely N-dealkylation sites (tertiary alicyclic amines) is 1. The van der Waals surface area contributed by atoms with Gasteiger partial charge in [-0.1, -0.05) is 81.7 Å². The molecule has 56 heavy (non-hydrogen) atoms.